The average molecular weight is 333 g/mol. The van der Waals surface area contributed by atoms with E-state index in [1.54, 1.807) is 19.5 Å². The van der Waals surface area contributed by atoms with Crippen molar-refractivity contribution in [3.8, 4) is 0 Å². The van der Waals surface area contributed by atoms with E-state index in [0.29, 0.717) is 17.9 Å². The first-order valence-electron chi connectivity index (χ1n) is 7.56. The number of nitrogens with zero attached hydrogens (tertiary/aromatic N) is 1. The summed E-state index contributed by atoms with van der Waals surface area (Å²) in [7, 11) is 1.64. The molecule has 1 aromatic heterocycles. The lowest BCUT2D eigenvalue weighted by Gasteiger charge is -2.24. The minimum Gasteiger partial charge on any atom is -0.375 e. The highest BCUT2D eigenvalue weighted by molar-refractivity contribution is 6.30. The number of hydrogen-bond donors (Lipinski definition) is 1. The number of hydrogen-bond acceptors (Lipinski definition) is 3. The predicted octanol–water partition coefficient (Wildman–Crippen LogP) is 3.56. The lowest BCUT2D eigenvalue weighted by atomic mass is 10.0. The van der Waals surface area contributed by atoms with Gasteiger partial charge in [0.05, 0.1) is 6.04 Å². The predicted molar refractivity (Wildman–Crippen MR) is 91.4 cm³/mol. The van der Waals surface area contributed by atoms with E-state index in [9.17, 15) is 4.79 Å². The van der Waals surface area contributed by atoms with E-state index in [1.807, 2.05) is 43.3 Å². The van der Waals surface area contributed by atoms with Crippen LogP contribution in [0.1, 0.15) is 30.6 Å². The zero-order chi connectivity index (χ0) is 16.7. The Bertz CT molecular complexity index is 617. The Labute approximate surface area is 141 Å². The second-order valence-corrected chi connectivity index (χ2v) is 5.86. The molecule has 0 radical (unpaired) electrons. The molecule has 0 bridgehead atoms. The molecule has 5 heteroatoms. The third-order valence-corrected chi connectivity index (χ3v) is 3.91. The van der Waals surface area contributed by atoms with Crippen LogP contribution in [-0.4, -0.2) is 24.0 Å². The van der Waals surface area contributed by atoms with Crippen molar-refractivity contribution < 1.29 is 9.53 Å². The van der Waals surface area contributed by atoms with Crippen LogP contribution in [0.5, 0.6) is 0 Å². The second kappa shape index (κ2) is 8.65. The molecule has 0 spiro atoms. The van der Waals surface area contributed by atoms with E-state index in [1.165, 1.54) is 0 Å². The van der Waals surface area contributed by atoms with Crippen molar-refractivity contribution in [1.82, 2.24) is 10.3 Å². The highest BCUT2D eigenvalue weighted by Gasteiger charge is 2.20. The number of aryl methyl sites for hydroxylation is 1. The number of nitrogens with one attached hydrogen (secondary N) is 1. The molecule has 0 saturated carbocycles. The summed E-state index contributed by atoms with van der Waals surface area (Å²) in [6, 6.07) is 11.2. The number of carbonyl (C=O) groups is 1. The molecule has 4 nitrogen and oxygen atoms in total. The van der Waals surface area contributed by atoms with Crippen LogP contribution in [0.15, 0.2) is 48.8 Å². The van der Waals surface area contributed by atoms with Crippen molar-refractivity contribution in [3.63, 3.8) is 0 Å². The number of benzene rings is 1. The molecule has 2 aromatic rings. The van der Waals surface area contributed by atoms with E-state index in [-0.39, 0.29) is 18.1 Å². The van der Waals surface area contributed by atoms with E-state index in [4.69, 9.17) is 16.3 Å². The fourth-order valence-electron chi connectivity index (χ4n) is 2.49. The maximum Gasteiger partial charge on any atom is 0.220 e. The first-order valence-corrected chi connectivity index (χ1v) is 7.94. The number of rotatable bonds is 7. The smallest absolute Gasteiger partial charge is 0.220 e. The molecule has 0 aliphatic rings. The third-order valence-electron chi connectivity index (χ3n) is 3.66. The lowest BCUT2D eigenvalue weighted by Crippen LogP contribution is -2.37. The van der Waals surface area contributed by atoms with Crippen molar-refractivity contribution >= 4 is 17.5 Å². The van der Waals surface area contributed by atoms with Gasteiger partial charge in [0.25, 0.3) is 0 Å². The summed E-state index contributed by atoms with van der Waals surface area (Å²) in [5, 5.41) is 3.67. The topological polar surface area (TPSA) is 51.2 Å². The summed E-state index contributed by atoms with van der Waals surface area (Å²) in [5.74, 6) is -0.00244. The van der Waals surface area contributed by atoms with Crippen molar-refractivity contribution in [3.05, 3.63) is 64.9 Å². The fraction of sp³-hybridized carbons (Fsp3) is 0.333. The van der Waals surface area contributed by atoms with E-state index in [0.717, 1.165) is 11.1 Å². The Morgan fingerprint density at radius 1 is 1.30 bits per heavy atom. The molecule has 1 heterocycles. The molecular weight excluding hydrogens is 312 g/mol. The van der Waals surface area contributed by atoms with Crippen molar-refractivity contribution in [1.29, 1.82) is 0 Å². The normalized spacial score (nSPS) is 13.3. The van der Waals surface area contributed by atoms with Gasteiger partial charge in [0, 0.05) is 30.9 Å². The Morgan fingerprint density at radius 2 is 2.04 bits per heavy atom. The lowest BCUT2D eigenvalue weighted by molar-refractivity contribution is -0.122. The molecule has 0 aliphatic carbocycles. The molecule has 23 heavy (non-hydrogen) atoms. The highest BCUT2D eigenvalue weighted by Crippen LogP contribution is 2.22. The molecule has 1 amide bonds. The Kier molecular flexibility index (Phi) is 6.56. The van der Waals surface area contributed by atoms with Gasteiger partial charge in [-0.25, -0.2) is 0 Å². The van der Waals surface area contributed by atoms with E-state index in [2.05, 4.69) is 10.3 Å². The van der Waals surface area contributed by atoms with Crippen LogP contribution in [0.2, 0.25) is 5.02 Å². The average Bonchev–Trinajstić information content (AvgIpc) is 2.56. The van der Waals surface area contributed by atoms with Crippen LogP contribution in [-0.2, 0) is 16.0 Å². The summed E-state index contributed by atoms with van der Waals surface area (Å²) in [6.07, 6.45) is 4.39. The minimum atomic E-state index is -0.213. The summed E-state index contributed by atoms with van der Waals surface area (Å²) in [6.45, 7) is 1.94. The van der Waals surface area contributed by atoms with Gasteiger partial charge in [-0.15, -0.1) is 0 Å². The largest absolute Gasteiger partial charge is 0.375 e. The molecule has 0 saturated heterocycles. The summed E-state index contributed by atoms with van der Waals surface area (Å²) >= 11 is 5.91. The second-order valence-electron chi connectivity index (χ2n) is 5.43. The first-order chi connectivity index (χ1) is 11.1. The first kappa shape index (κ1) is 17.4. The third kappa shape index (κ3) is 5.34. The van der Waals surface area contributed by atoms with Crippen LogP contribution in [0.3, 0.4) is 0 Å². The van der Waals surface area contributed by atoms with Gasteiger partial charge in [-0.3, -0.25) is 9.78 Å². The Hall–Kier alpha value is -1.91. The molecule has 2 rings (SSSR count). The standard InChI is InChI=1S/C18H21ClN2O2/c1-13(18(23-2)15-6-8-16(19)9-7-15)21-17(22)10-5-14-4-3-11-20-12-14/h3-4,6-9,11-13,18H,5,10H2,1-2H3,(H,21,22)/t13-,18-/m1/s1. The van der Waals surface area contributed by atoms with Gasteiger partial charge in [0.2, 0.25) is 5.91 Å². The number of halogens is 1. The number of pyridine rings is 1. The highest BCUT2D eigenvalue weighted by atomic mass is 35.5. The monoisotopic (exact) mass is 332 g/mol. The molecule has 1 N–H and O–H groups in total. The summed E-state index contributed by atoms with van der Waals surface area (Å²) < 4.78 is 5.53. The van der Waals surface area contributed by atoms with Crippen LogP contribution < -0.4 is 5.32 Å². The molecule has 1 aromatic carbocycles. The van der Waals surface area contributed by atoms with Gasteiger partial charge in [-0.2, -0.15) is 0 Å². The molecule has 0 aliphatic heterocycles. The number of carbonyl (C=O) groups excluding carboxylic acids is 1. The maximum absolute atomic E-state index is 12.1. The fourth-order valence-corrected chi connectivity index (χ4v) is 2.61. The Morgan fingerprint density at radius 3 is 2.65 bits per heavy atom. The zero-order valence-corrected chi connectivity index (χ0v) is 14.1. The zero-order valence-electron chi connectivity index (χ0n) is 13.3. The van der Waals surface area contributed by atoms with E-state index < -0.39 is 0 Å². The van der Waals surface area contributed by atoms with Crippen LogP contribution >= 0.6 is 11.6 Å². The Balaban J connectivity index is 1.89. The number of amides is 1. The number of aromatic nitrogens is 1. The molecular formula is C18H21ClN2O2. The van der Waals surface area contributed by atoms with Gasteiger partial charge in [-0.1, -0.05) is 29.8 Å². The van der Waals surface area contributed by atoms with Gasteiger partial charge in [0.1, 0.15) is 6.10 Å². The van der Waals surface area contributed by atoms with Crippen LogP contribution in [0, 0.1) is 0 Å². The van der Waals surface area contributed by atoms with Crippen molar-refractivity contribution in [2.45, 2.75) is 31.9 Å². The summed E-state index contributed by atoms with van der Waals surface area (Å²) in [4.78, 5) is 16.2. The van der Waals surface area contributed by atoms with Crippen molar-refractivity contribution in [2.24, 2.45) is 0 Å². The quantitative estimate of drug-likeness (QED) is 0.843. The number of methoxy groups -OCH3 is 1. The van der Waals surface area contributed by atoms with Crippen LogP contribution in [0.25, 0.3) is 0 Å². The number of ether oxygens (including phenoxy) is 1. The molecule has 0 fully saturated rings. The van der Waals surface area contributed by atoms with Gasteiger partial charge in [-0.05, 0) is 42.7 Å². The summed E-state index contributed by atoms with van der Waals surface area (Å²) in [5.41, 5.74) is 2.04. The van der Waals surface area contributed by atoms with Gasteiger partial charge in [0.15, 0.2) is 0 Å². The minimum absolute atomic E-state index is 0.00244. The van der Waals surface area contributed by atoms with E-state index >= 15 is 0 Å². The molecule has 2 atom stereocenters. The van der Waals surface area contributed by atoms with Crippen LogP contribution in [0.4, 0.5) is 0 Å². The SMILES string of the molecule is CO[C@@H](c1ccc(Cl)cc1)[C@@H](C)NC(=O)CCc1cccnc1. The van der Waals surface area contributed by atoms with Gasteiger partial charge < -0.3 is 10.1 Å². The molecule has 122 valence electrons. The van der Waals surface area contributed by atoms with Crippen molar-refractivity contribution in [2.75, 3.05) is 7.11 Å². The van der Waals surface area contributed by atoms with Gasteiger partial charge >= 0.3 is 0 Å². The molecule has 0 unspecified atom stereocenters. The maximum atomic E-state index is 12.1.